The third kappa shape index (κ3) is 4.49. The van der Waals surface area contributed by atoms with Crippen molar-refractivity contribution >= 4 is 28.7 Å². The van der Waals surface area contributed by atoms with E-state index in [9.17, 15) is 0 Å². The van der Waals surface area contributed by atoms with Crippen LogP contribution in [0.15, 0.2) is 51.3 Å². The Kier molecular flexibility index (Phi) is 6.10. The van der Waals surface area contributed by atoms with E-state index in [-0.39, 0.29) is 6.79 Å². The lowest BCUT2D eigenvalue weighted by molar-refractivity contribution is 0.174. The molecule has 0 spiro atoms. The van der Waals surface area contributed by atoms with Gasteiger partial charge in [-0.3, -0.25) is 0 Å². The number of nitrogens with zero attached hydrogens (tertiary/aromatic N) is 4. The van der Waals surface area contributed by atoms with E-state index in [4.69, 9.17) is 24.6 Å². The van der Waals surface area contributed by atoms with Crippen LogP contribution in [0.4, 0.5) is 5.82 Å². The summed E-state index contributed by atoms with van der Waals surface area (Å²) < 4.78 is 19.0. The predicted molar refractivity (Wildman–Crippen MR) is 126 cm³/mol. The molecule has 0 unspecified atom stereocenters. The second-order valence-corrected chi connectivity index (χ2v) is 9.20. The van der Waals surface area contributed by atoms with Crippen LogP contribution in [0, 0.1) is 5.92 Å². The topological polar surface area (TPSA) is 113 Å². The number of nitrogens with one attached hydrogen (secondary N) is 1. The van der Waals surface area contributed by atoms with Crippen molar-refractivity contribution in [1.82, 2.24) is 24.8 Å². The molecule has 0 bridgehead atoms. The lowest BCUT2D eigenvalue weighted by Gasteiger charge is -2.12. The second-order valence-electron chi connectivity index (χ2n) is 8.19. The number of benzene rings is 1. The molecule has 0 amide bonds. The summed E-state index contributed by atoms with van der Waals surface area (Å²) in [6.07, 6.45) is 4.26. The van der Waals surface area contributed by atoms with E-state index >= 15 is 0 Å². The summed E-state index contributed by atoms with van der Waals surface area (Å²) in [7, 11) is 0. The molecule has 3 aromatic heterocycles. The molecule has 4 heterocycles. The molecule has 0 atom stereocenters. The SMILES string of the molecule is CC(C)CCNCCn1c(Sc2cc3c(cc2-c2ccco2)OCO3)nc2c(N)ncnc21. The van der Waals surface area contributed by atoms with Crippen molar-refractivity contribution in [3.8, 4) is 22.8 Å². The van der Waals surface area contributed by atoms with Gasteiger partial charge in [-0.15, -0.1) is 0 Å². The molecule has 1 aliphatic rings. The van der Waals surface area contributed by atoms with E-state index in [2.05, 4.69) is 33.7 Å². The third-order valence-corrected chi connectivity index (χ3v) is 6.45. The van der Waals surface area contributed by atoms with Crippen molar-refractivity contribution in [2.75, 3.05) is 25.6 Å². The Balaban J connectivity index is 1.49. The first-order chi connectivity index (χ1) is 16.1. The zero-order valence-corrected chi connectivity index (χ0v) is 19.4. The number of aromatic nitrogens is 4. The monoisotopic (exact) mass is 466 g/mol. The number of nitrogens with two attached hydrogens (primary N) is 1. The molecular weight excluding hydrogens is 440 g/mol. The molecule has 5 rings (SSSR count). The lowest BCUT2D eigenvalue weighted by Crippen LogP contribution is -2.22. The maximum absolute atomic E-state index is 6.12. The maximum Gasteiger partial charge on any atom is 0.231 e. The van der Waals surface area contributed by atoms with Gasteiger partial charge in [0, 0.05) is 23.5 Å². The number of furan rings is 1. The van der Waals surface area contributed by atoms with Crippen LogP contribution < -0.4 is 20.5 Å². The van der Waals surface area contributed by atoms with E-state index < -0.39 is 0 Å². The van der Waals surface area contributed by atoms with Gasteiger partial charge in [0.05, 0.1) is 6.26 Å². The van der Waals surface area contributed by atoms with E-state index in [0.29, 0.717) is 35.3 Å². The highest BCUT2D eigenvalue weighted by atomic mass is 32.2. The minimum absolute atomic E-state index is 0.202. The van der Waals surface area contributed by atoms with Crippen molar-refractivity contribution < 1.29 is 13.9 Å². The minimum Gasteiger partial charge on any atom is -0.464 e. The van der Waals surface area contributed by atoms with Gasteiger partial charge in [0.15, 0.2) is 33.6 Å². The molecule has 1 aliphatic heterocycles. The molecule has 0 fully saturated rings. The van der Waals surface area contributed by atoms with E-state index in [1.54, 1.807) is 6.26 Å². The largest absolute Gasteiger partial charge is 0.464 e. The fourth-order valence-electron chi connectivity index (χ4n) is 3.65. The number of fused-ring (bicyclic) bond motifs is 2. The van der Waals surface area contributed by atoms with Gasteiger partial charge in [0.25, 0.3) is 0 Å². The third-order valence-electron chi connectivity index (χ3n) is 5.40. The summed E-state index contributed by atoms with van der Waals surface area (Å²) in [6.45, 7) is 7.11. The first-order valence-corrected chi connectivity index (χ1v) is 11.7. The first-order valence-electron chi connectivity index (χ1n) is 10.9. The van der Waals surface area contributed by atoms with Crippen LogP contribution in [0.25, 0.3) is 22.5 Å². The van der Waals surface area contributed by atoms with Crippen LogP contribution in [0.5, 0.6) is 11.5 Å². The number of nitrogen functional groups attached to an aromatic ring is 1. The van der Waals surface area contributed by atoms with Crippen molar-refractivity contribution in [1.29, 1.82) is 0 Å². The molecule has 0 radical (unpaired) electrons. The van der Waals surface area contributed by atoms with Crippen LogP contribution in [0.1, 0.15) is 20.3 Å². The normalized spacial score (nSPS) is 12.8. The molecule has 10 heteroatoms. The van der Waals surface area contributed by atoms with Gasteiger partial charge >= 0.3 is 0 Å². The summed E-state index contributed by atoms with van der Waals surface area (Å²) in [5, 5.41) is 4.28. The maximum atomic E-state index is 6.12. The van der Waals surface area contributed by atoms with Crippen molar-refractivity contribution in [2.45, 2.75) is 36.9 Å². The molecule has 0 saturated carbocycles. The number of ether oxygens (including phenoxy) is 2. The van der Waals surface area contributed by atoms with E-state index in [1.165, 1.54) is 18.1 Å². The Morgan fingerprint density at radius 1 is 1.18 bits per heavy atom. The summed E-state index contributed by atoms with van der Waals surface area (Å²) in [4.78, 5) is 14.3. The Morgan fingerprint density at radius 2 is 2.03 bits per heavy atom. The number of rotatable bonds is 9. The first kappa shape index (κ1) is 21.6. The summed E-state index contributed by atoms with van der Waals surface area (Å²) >= 11 is 1.51. The van der Waals surface area contributed by atoms with Crippen LogP contribution in [0.2, 0.25) is 0 Å². The Labute approximate surface area is 195 Å². The standard InChI is InChI=1S/C23H26N6O3S/c1-14(2)5-6-25-7-8-29-22-20(21(24)26-12-27-22)28-23(29)33-19-11-18-17(31-13-32-18)10-15(19)16-4-3-9-30-16/h3-4,9-12,14,25H,5-8,13H2,1-2H3,(H2,24,26,27). The zero-order valence-electron chi connectivity index (χ0n) is 18.6. The Bertz CT molecular complexity index is 1260. The fraction of sp³-hybridized carbons (Fsp3) is 0.348. The van der Waals surface area contributed by atoms with Crippen LogP contribution in [0.3, 0.4) is 0 Å². The van der Waals surface area contributed by atoms with Crippen molar-refractivity contribution in [3.05, 3.63) is 36.9 Å². The smallest absolute Gasteiger partial charge is 0.231 e. The Hall–Kier alpha value is -3.24. The summed E-state index contributed by atoms with van der Waals surface area (Å²) in [6, 6.07) is 7.69. The van der Waals surface area contributed by atoms with Crippen LogP contribution in [-0.2, 0) is 6.54 Å². The number of anilines is 1. The zero-order chi connectivity index (χ0) is 22.8. The molecular formula is C23H26N6O3S. The average Bonchev–Trinajstić information content (AvgIpc) is 3.54. The van der Waals surface area contributed by atoms with Gasteiger partial charge < -0.3 is 29.5 Å². The molecule has 4 aromatic rings. The van der Waals surface area contributed by atoms with Gasteiger partial charge in [0.1, 0.15) is 12.1 Å². The number of hydrogen-bond donors (Lipinski definition) is 2. The summed E-state index contributed by atoms with van der Waals surface area (Å²) in [5.74, 6) is 3.17. The highest BCUT2D eigenvalue weighted by Crippen LogP contribution is 2.45. The van der Waals surface area contributed by atoms with Gasteiger partial charge in [-0.2, -0.15) is 0 Å². The van der Waals surface area contributed by atoms with Crippen molar-refractivity contribution in [3.63, 3.8) is 0 Å². The van der Waals surface area contributed by atoms with E-state index in [0.717, 1.165) is 46.5 Å². The molecule has 33 heavy (non-hydrogen) atoms. The molecule has 3 N–H and O–H groups in total. The number of imidazole rings is 1. The van der Waals surface area contributed by atoms with Crippen molar-refractivity contribution in [2.24, 2.45) is 5.92 Å². The quantitative estimate of drug-likeness (QED) is 0.351. The average molecular weight is 467 g/mol. The van der Waals surface area contributed by atoms with Gasteiger partial charge in [-0.05, 0) is 43.1 Å². The molecule has 0 aliphatic carbocycles. The highest BCUT2D eigenvalue weighted by Gasteiger charge is 2.23. The predicted octanol–water partition coefficient (Wildman–Crippen LogP) is 4.18. The van der Waals surface area contributed by atoms with Crippen LogP contribution >= 0.6 is 11.8 Å². The molecule has 9 nitrogen and oxygen atoms in total. The van der Waals surface area contributed by atoms with Gasteiger partial charge in [-0.1, -0.05) is 25.6 Å². The second kappa shape index (κ2) is 9.32. The minimum atomic E-state index is 0.202. The van der Waals surface area contributed by atoms with Gasteiger partial charge in [0.2, 0.25) is 6.79 Å². The summed E-state index contributed by atoms with van der Waals surface area (Å²) in [5.41, 5.74) is 8.34. The molecule has 1 aromatic carbocycles. The van der Waals surface area contributed by atoms with E-state index in [1.807, 2.05) is 24.3 Å². The fourth-order valence-corrected chi connectivity index (χ4v) is 4.71. The van der Waals surface area contributed by atoms with Crippen LogP contribution in [-0.4, -0.2) is 39.4 Å². The van der Waals surface area contributed by atoms with Gasteiger partial charge in [-0.25, -0.2) is 15.0 Å². The highest BCUT2D eigenvalue weighted by molar-refractivity contribution is 7.99. The number of hydrogen-bond acceptors (Lipinski definition) is 9. The molecule has 0 saturated heterocycles. The molecule has 172 valence electrons. The Morgan fingerprint density at radius 3 is 2.82 bits per heavy atom. The lowest BCUT2D eigenvalue weighted by atomic mass is 10.1.